The zero-order chi connectivity index (χ0) is 23.7. The molecule has 8 rings (SSSR count). The van der Waals surface area contributed by atoms with E-state index in [4.69, 9.17) is 4.74 Å². The summed E-state index contributed by atoms with van der Waals surface area (Å²) < 4.78 is 37.5. The van der Waals surface area contributed by atoms with Crippen LogP contribution in [0.4, 0.5) is 8.78 Å². The van der Waals surface area contributed by atoms with Gasteiger partial charge in [0, 0.05) is 35.8 Å². The maximum Gasteiger partial charge on any atom is 0.134 e. The van der Waals surface area contributed by atoms with E-state index in [0.29, 0.717) is 12.4 Å². The zero-order valence-electron chi connectivity index (χ0n) is 20.5. The van der Waals surface area contributed by atoms with Crippen molar-refractivity contribution in [2.75, 3.05) is 26.2 Å². The Morgan fingerprint density at radius 3 is 2.43 bits per heavy atom. The van der Waals surface area contributed by atoms with Gasteiger partial charge in [0.2, 0.25) is 0 Å². The third kappa shape index (κ3) is 3.41. The number of rotatable bonds is 6. The van der Waals surface area contributed by atoms with E-state index in [1.54, 1.807) is 0 Å². The van der Waals surface area contributed by atoms with Crippen molar-refractivity contribution in [3.63, 3.8) is 0 Å². The molecule has 35 heavy (non-hydrogen) atoms. The molecule has 3 saturated carbocycles. The van der Waals surface area contributed by atoms with Gasteiger partial charge in [-0.1, -0.05) is 24.3 Å². The number of benzene rings is 2. The summed E-state index contributed by atoms with van der Waals surface area (Å²) >= 11 is 0. The van der Waals surface area contributed by atoms with Crippen LogP contribution in [0, 0.1) is 17.6 Å². The normalized spacial score (nSPS) is 31.7. The van der Waals surface area contributed by atoms with Gasteiger partial charge in [-0.3, -0.25) is 9.80 Å². The van der Waals surface area contributed by atoms with E-state index < -0.39 is 11.6 Å². The average Bonchev–Trinajstić information content (AvgIpc) is 3.41. The fraction of sp³-hybridized carbons (Fsp3) is 0.533. The zero-order valence-corrected chi connectivity index (χ0v) is 20.5. The number of ether oxygens (including phenoxy) is 1. The Morgan fingerprint density at radius 1 is 1.03 bits per heavy atom. The van der Waals surface area contributed by atoms with Gasteiger partial charge in [0.15, 0.2) is 0 Å². The van der Waals surface area contributed by atoms with Crippen molar-refractivity contribution in [3.8, 4) is 5.75 Å². The molecule has 0 spiro atoms. The minimum atomic E-state index is -0.473. The first kappa shape index (κ1) is 22.0. The topological polar surface area (TPSA) is 15.7 Å². The Bertz CT molecular complexity index is 1160. The molecule has 0 unspecified atom stereocenters. The average molecular weight is 477 g/mol. The van der Waals surface area contributed by atoms with Crippen LogP contribution in [0.25, 0.3) is 5.57 Å². The lowest BCUT2D eigenvalue weighted by atomic mass is 9.48. The van der Waals surface area contributed by atoms with E-state index in [0.717, 1.165) is 38.4 Å². The van der Waals surface area contributed by atoms with Crippen molar-refractivity contribution in [1.82, 2.24) is 9.80 Å². The second-order valence-electron chi connectivity index (χ2n) is 11.6. The SMILES string of the molecule is C[C@@H]1CC2=C(Cc3ccccc32)[C@@H](c2c(F)cc(OCCN3CCCC3)cc2F)N1C12CC(C1)C2. The van der Waals surface area contributed by atoms with E-state index in [2.05, 4.69) is 41.0 Å². The monoisotopic (exact) mass is 476 g/mol. The van der Waals surface area contributed by atoms with Gasteiger partial charge in [0.05, 0.1) is 6.04 Å². The van der Waals surface area contributed by atoms with Gasteiger partial charge >= 0.3 is 0 Å². The highest BCUT2D eigenvalue weighted by Crippen LogP contribution is 2.65. The van der Waals surface area contributed by atoms with Crippen LogP contribution >= 0.6 is 0 Å². The number of hydrogen-bond donors (Lipinski definition) is 0. The van der Waals surface area contributed by atoms with Crippen molar-refractivity contribution in [2.24, 2.45) is 5.92 Å². The number of hydrogen-bond acceptors (Lipinski definition) is 3. The van der Waals surface area contributed by atoms with Crippen LogP contribution in [0.5, 0.6) is 5.75 Å². The number of nitrogens with zero attached hydrogens (tertiary/aromatic N) is 2. The van der Waals surface area contributed by atoms with Crippen molar-refractivity contribution in [1.29, 1.82) is 0 Å². The quantitative estimate of drug-likeness (QED) is 0.498. The van der Waals surface area contributed by atoms with Crippen LogP contribution in [-0.4, -0.2) is 47.6 Å². The molecule has 2 heterocycles. The molecule has 4 fully saturated rings. The molecule has 184 valence electrons. The van der Waals surface area contributed by atoms with Crippen LogP contribution in [-0.2, 0) is 6.42 Å². The maximum atomic E-state index is 15.9. The van der Waals surface area contributed by atoms with Crippen LogP contribution in [0.3, 0.4) is 0 Å². The number of halogens is 2. The molecule has 4 aliphatic carbocycles. The smallest absolute Gasteiger partial charge is 0.134 e. The largest absolute Gasteiger partial charge is 0.492 e. The molecule has 2 bridgehead atoms. The fourth-order valence-electron chi connectivity index (χ4n) is 7.78. The van der Waals surface area contributed by atoms with Gasteiger partial charge in [-0.25, -0.2) is 8.78 Å². The molecule has 0 aromatic heterocycles. The highest BCUT2D eigenvalue weighted by atomic mass is 19.1. The van der Waals surface area contributed by atoms with Gasteiger partial charge in [-0.05, 0) is 93.2 Å². The Balaban J connectivity index is 1.24. The van der Waals surface area contributed by atoms with Gasteiger partial charge in [-0.15, -0.1) is 0 Å². The van der Waals surface area contributed by atoms with Crippen LogP contribution in [0.15, 0.2) is 42.0 Å². The predicted octanol–water partition coefficient (Wildman–Crippen LogP) is 6.14. The maximum absolute atomic E-state index is 15.9. The van der Waals surface area contributed by atoms with Gasteiger partial charge < -0.3 is 4.74 Å². The Kier molecular flexibility index (Phi) is 5.12. The third-order valence-electron chi connectivity index (χ3n) is 9.45. The molecule has 1 saturated heterocycles. The summed E-state index contributed by atoms with van der Waals surface area (Å²) in [5.41, 5.74) is 5.41. The molecule has 6 aliphatic rings. The molecular weight excluding hydrogens is 442 g/mol. The van der Waals surface area contributed by atoms with Gasteiger partial charge in [-0.2, -0.15) is 0 Å². The van der Waals surface area contributed by atoms with E-state index in [9.17, 15) is 0 Å². The first-order valence-corrected chi connectivity index (χ1v) is 13.5. The Morgan fingerprint density at radius 2 is 1.74 bits per heavy atom. The van der Waals surface area contributed by atoms with Crippen LogP contribution in [0.2, 0.25) is 0 Å². The van der Waals surface area contributed by atoms with E-state index in [1.165, 1.54) is 66.5 Å². The first-order valence-electron chi connectivity index (χ1n) is 13.5. The molecule has 3 nitrogen and oxygen atoms in total. The Labute approximate surface area is 206 Å². The Hall–Kier alpha value is -2.24. The summed E-state index contributed by atoms with van der Waals surface area (Å²) in [6.45, 7) is 5.69. The first-order chi connectivity index (χ1) is 17.0. The van der Waals surface area contributed by atoms with E-state index in [-0.39, 0.29) is 23.2 Å². The lowest BCUT2D eigenvalue weighted by molar-refractivity contribution is -0.173. The second-order valence-corrected chi connectivity index (χ2v) is 11.6. The van der Waals surface area contributed by atoms with Gasteiger partial charge in [0.1, 0.15) is 24.0 Å². The molecule has 2 atom stereocenters. The summed E-state index contributed by atoms with van der Waals surface area (Å²) in [5, 5.41) is 0. The van der Waals surface area contributed by atoms with Gasteiger partial charge in [0.25, 0.3) is 0 Å². The van der Waals surface area contributed by atoms with Crippen molar-refractivity contribution in [3.05, 3.63) is 70.3 Å². The van der Waals surface area contributed by atoms with Crippen molar-refractivity contribution >= 4 is 5.57 Å². The molecule has 0 radical (unpaired) electrons. The summed E-state index contributed by atoms with van der Waals surface area (Å²) in [4.78, 5) is 4.85. The van der Waals surface area contributed by atoms with Crippen molar-refractivity contribution in [2.45, 2.75) is 69.5 Å². The molecule has 0 N–H and O–H groups in total. The molecule has 0 amide bonds. The number of likely N-dealkylation sites (tertiary alicyclic amines) is 1. The molecule has 5 heteroatoms. The lowest BCUT2D eigenvalue weighted by Crippen LogP contribution is -2.71. The van der Waals surface area contributed by atoms with Crippen LogP contribution in [0.1, 0.15) is 68.2 Å². The highest BCUT2D eigenvalue weighted by Gasteiger charge is 2.63. The summed E-state index contributed by atoms with van der Waals surface area (Å²) in [6, 6.07) is 11.3. The molecule has 2 aromatic rings. The fourth-order valence-corrected chi connectivity index (χ4v) is 7.78. The molecule has 2 aliphatic heterocycles. The minimum Gasteiger partial charge on any atom is -0.492 e. The summed E-state index contributed by atoms with van der Waals surface area (Å²) in [5.74, 6) is 0.159. The van der Waals surface area contributed by atoms with Crippen molar-refractivity contribution < 1.29 is 13.5 Å². The summed E-state index contributed by atoms with van der Waals surface area (Å²) in [6.07, 6.45) is 7.69. The lowest BCUT2D eigenvalue weighted by Gasteiger charge is -2.70. The van der Waals surface area contributed by atoms with E-state index in [1.807, 2.05) is 0 Å². The summed E-state index contributed by atoms with van der Waals surface area (Å²) in [7, 11) is 0. The minimum absolute atomic E-state index is 0.117. The van der Waals surface area contributed by atoms with E-state index >= 15 is 8.78 Å². The third-order valence-corrected chi connectivity index (χ3v) is 9.45. The second kappa shape index (κ2) is 8.14. The predicted molar refractivity (Wildman–Crippen MR) is 133 cm³/mol. The highest BCUT2D eigenvalue weighted by molar-refractivity contribution is 5.79. The number of fused-ring (bicyclic) bond motifs is 2. The molecule has 2 aromatic carbocycles. The van der Waals surface area contributed by atoms with Crippen LogP contribution < -0.4 is 4.74 Å². The standard InChI is InChI=1S/C30H34F2N2O/c1-19-12-24-23-7-3-2-6-21(23)13-25(24)29(34(19)30-16-20(17-30)18-30)28-26(31)14-22(15-27(28)32)35-11-10-33-8-4-5-9-33/h2-3,6-7,14-15,19-20,29H,4-5,8-13,16-18H2,1H3/t19-,20?,29+,30?/m1/s1. The molecular formula is C30H34F2N2O.